The van der Waals surface area contributed by atoms with E-state index >= 15 is 0 Å². The Morgan fingerprint density at radius 1 is 0.930 bits per heavy atom. The van der Waals surface area contributed by atoms with Crippen LogP contribution < -0.4 is 33.2 Å². The second kappa shape index (κ2) is 17.6. The summed E-state index contributed by atoms with van der Waals surface area (Å²) in [5.41, 5.74) is 18.1. The van der Waals surface area contributed by atoms with Gasteiger partial charge in [0.1, 0.15) is 18.1 Å². The van der Waals surface area contributed by atoms with Gasteiger partial charge in [-0.15, -0.1) is 0 Å². The SMILES string of the molecule is CSCCC(NC(=O)C(CCCN=C(N)N)NC(=O)C(Cc1c[nH]c2ccccc12)NC(=O)C(N)CCC(=O)O)C(=O)O. The van der Waals surface area contributed by atoms with Gasteiger partial charge in [-0.3, -0.25) is 24.2 Å². The van der Waals surface area contributed by atoms with Crippen molar-refractivity contribution >= 4 is 58.3 Å². The number of fused-ring (bicyclic) bond motifs is 1. The molecule has 3 amide bonds. The van der Waals surface area contributed by atoms with Crippen LogP contribution in [0.4, 0.5) is 0 Å². The summed E-state index contributed by atoms with van der Waals surface area (Å²) in [5.74, 6) is -4.17. The van der Waals surface area contributed by atoms with Crippen LogP contribution in [-0.2, 0) is 30.4 Å². The number of nitrogens with two attached hydrogens (primary N) is 3. The number of nitrogens with one attached hydrogen (secondary N) is 4. The number of aliphatic carboxylic acids is 2. The molecule has 0 spiro atoms. The van der Waals surface area contributed by atoms with Crippen molar-refractivity contribution in [2.75, 3.05) is 18.6 Å². The number of rotatable bonds is 19. The molecule has 15 nitrogen and oxygen atoms in total. The van der Waals surface area contributed by atoms with E-state index in [0.717, 1.165) is 10.9 Å². The minimum atomic E-state index is -1.21. The lowest BCUT2D eigenvalue weighted by atomic mass is 10.0. The standard InChI is InChI=1S/C27H40N8O7S/c1-43-12-10-20(26(41)42)34-24(39)19(7-4-11-31-27(29)30)33-25(40)21(35-23(38)17(28)8-9-22(36)37)13-15-14-32-18-6-3-2-5-16(15)18/h2-3,5-6,14,17,19-21,32H,4,7-13,28H2,1H3,(H,33,40)(H,34,39)(H,35,38)(H,36,37)(H,41,42)(H4,29,30,31). The number of thioether (sulfide) groups is 1. The van der Waals surface area contributed by atoms with Crippen LogP contribution in [0.1, 0.15) is 37.7 Å². The normalized spacial score (nSPS) is 13.7. The van der Waals surface area contributed by atoms with Crippen molar-refractivity contribution in [3.8, 4) is 0 Å². The lowest BCUT2D eigenvalue weighted by molar-refractivity contribution is -0.142. The molecule has 16 heteroatoms. The number of carboxylic acids is 2. The first-order valence-electron chi connectivity index (χ1n) is 13.6. The molecule has 4 atom stereocenters. The monoisotopic (exact) mass is 620 g/mol. The van der Waals surface area contributed by atoms with E-state index in [9.17, 15) is 29.1 Å². The van der Waals surface area contributed by atoms with Gasteiger partial charge in [-0.05, 0) is 49.3 Å². The zero-order valence-electron chi connectivity index (χ0n) is 23.9. The van der Waals surface area contributed by atoms with Gasteiger partial charge in [0.05, 0.1) is 6.04 Å². The number of aliphatic imine (C=N–C) groups is 1. The third kappa shape index (κ3) is 11.8. The van der Waals surface area contributed by atoms with E-state index < -0.39 is 53.8 Å². The van der Waals surface area contributed by atoms with Crippen LogP contribution in [0, 0.1) is 0 Å². The van der Waals surface area contributed by atoms with Crippen LogP contribution >= 0.6 is 11.8 Å². The predicted molar refractivity (Wildman–Crippen MR) is 163 cm³/mol. The first-order chi connectivity index (χ1) is 20.4. The Morgan fingerprint density at radius 3 is 2.23 bits per heavy atom. The largest absolute Gasteiger partial charge is 0.481 e. The van der Waals surface area contributed by atoms with Crippen molar-refractivity contribution in [1.29, 1.82) is 0 Å². The number of H-pyrrole nitrogens is 1. The quantitative estimate of drug-likeness (QED) is 0.0535. The highest BCUT2D eigenvalue weighted by molar-refractivity contribution is 7.98. The van der Waals surface area contributed by atoms with Crippen LogP contribution in [-0.4, -0.2) is 93.5 Å². The van der Waals surface area contributed by atoms with Crippen LogP contribution in [0.5, 0.6) is 0 Å². The van der Waals surface area contributed by atoms with Crippen LogP contribution in [0.2, 0.25) is 0 Å². The van der Waals surface area contributed by atoms with Crippen molar-refractivity contribution < 1.29 is 34.2 Å². The van der Waals surface area contributed by atoms with E-state index in [4.69, 9.17) is 22.3 Å². The molecule has 0 saturated carbocycles. The Hall–Kier alpha value is -4.31. The molecule has 1 aromatic heterocycles. The molecule has 12 N–H and O–H groups in total. The molecule has 236 valence electrons. The summed E-state index contributed by atoms with van der Waals surface area (Å²) in [7, 11) is 0. The maximum atomic E-state index is 13.6. The minimum absolute atomic E-state index is 0.0149. The number of carbonyl (C=O) groups excluding carboxylic acids is 3. The van der Waals surface area contributed by atoms with Crippen LogP contribution in [0.15, 0.2) is 35.5 Å². The van der Waals surface area contributed by atoms with E-state index in [1.165, 1.54) is 11.8 Å². The molecule has 0 fully saturated rings. The average molecular weight is 621 g/mol. The molecule has 0 aliphatic heterocycles. The van der Waals surface area contributed by atoms with Gasteiger partial charge in [-0.25, -0.2) is 4.79 Å². The molecular formula is C27H40N8O7S. The topological polar surface area (TPSA) is 268 Å². The van der Waals surface area contributed by atoms with Crippen molar-refractivity contribution in [3.63, 3.8) is 0 Å². The average Bonchev–Trinajstić information content (AvgIpc) is 3.37. The molecule has 1 heterocycles. The van der Waals surface area contributed by atoms with Gasteiger partial charge >= 0.3 is 11.9 Å². The highest BCUT2D eigenvalue weighted by Crippen LogP contribution is 2.19. The number of aromatic nitrogens is 1. The van der Waals surface area contributed by atoms with Crippen LogP contribution in [0.25, 0.3) is 10.9 Å². The molecule has 0 aliphatic carbocycles. The van der Waals surface area contributed by atoms with Gasteiger partial charge < -0.3 is 48.3 Å². The maximum absolute atomic E-state index is 13.6. The Kier molecular flexibility index (Phi) is 14.3. The molecule has 0 saturated heterocycles. The molecular weight excluding hydrogens is 580 g/mol. The van der Waals surface area contributed by atoms with E-state index in [1.54, 1.807) is 6.20 Å². The summed E-state index contributed by atoms with van der Waals surface area (Å²) in [6.07, 6.45) is 3.55. The third-order valence-corrected chi connectivity index (χ3v) is 7.19. The number of carbonyl (C=O) groups is 5. The first kappa shape index (κ1) is 34.9. The summed E-state index contributed by atoms with van der Waals surface area (Å²) in [6.45, 7) is 0.157. The summed E-state index contributed by atoms with van der Waals surface area (Å²) in [6, 6.07) is 2.60. The smallest absolute Gasteiger partial charge is 0.326 e. The van der Waals surface area contributed by atoms with Gasteiger partial charge in [0.25, 0.3) is 0 Å². The van der Waals surface area contributed by atoms with Crippen LogP contribution in [0.3, 0.4) is 0 Å². The minimum Gasteiger partial charge on any atom is -0.481 e. The second-order valence-corrected chi connectivity index (χ2v) is 10.8. The fourth-order valence-corrected chi connectivity index (χ4v) is 4.70. The maximum Gasteiger partial charge on any atom is 0.326 e. The fraction of sp³-hybridized carbons (Fsp3) is 0.481. The Labute approximate surface area is 252 Å². The summed E-state index contributed by atoms with van der Waals surface area (Å²) in [5, 5.41) is 27.1. The Bertz CT molecular complexity index is 1300. The summed E-state index contributed by atoms with van der Waals surface area (Å²) < 4.78 is 0. The van der Waals surface area contributed by atoms with E-state index in [1.807, 2.05) is 30.5 Å². The first-order valence-corrected chi connectivity index (χ1v) is 15.0. The van der Waals surface area contributed by atoms with Gasteiger partial charge in [-0.2, -0.15) is 11.8 Å². The Morgan fingerprint density at radius 2 is 1.58 bits per heavy atom. The molecule has 1 aromatic carbocycles. The van der Waals surface area contributed by atoms with Gasteiger partial charge in [-0.1, -0.05) is 18.2 Å². The molecule has 4 unspecified atom stereocenters. The summed E-state index contributed by atoms with van der Waals surface area (Å²) in [4.78, 5) is 69.4. The van der Waals surface area contributed by atoms with Crippen molar-refractivity contribution in [2.45, 2.75) is 62.7 Å². The van der Waals surface area contributed by atoms with Gasteiger partial charge in [0.2, 0.25) is 17.7 Å². The number of hydrogen-bond acceptors (Lipinski definition) is 8. The summed E-state index contributed by atoms with van der Waals surface area (Å²) >= 11 is 1.42. The second-order valence-electron chi connectivity index (χ2n) is 9.85. The van der Waals surface area contributed by atoms with Crippen molar-refractivity contribution in [2.24, 2.45) is 22.2 Å². The fourth-order valence-electron chi connectivity index (χ4n) is 4.23. The zero-order chi connectivity index (χ0) is 31.9. The van der Waals surface area contributed by atoms with E-state index in [0.29, 0.717) is 11.3 Å². The number of para-hydroxylation sites is 1. The van der Waals surface area contributed by atoms with Gasteiger partial charge in [0.15, 0.2) is 5.96 Å². The Balaban J connectivity index is 2.31. The number of nitrogens with zero attached hydrogens (tertiary/aromatic N) is 1. The lowest BCUT2D eigenvalue weighted by Crippen LogP contribution is -2.57. The highest BCUT2D eigenvalue weighted by atomic mass is 32.2. The molecule has 0 radical (unpaired) electrons. The predicted octanol–water partition coefficient (Wildman–Crippen LogP) is -0.752. The van der Waals surface area contributed by atoms with Crippen molar-refractivity contribution in [3.05, 3.63) is 36.0 Å². The molecule has 0 bridgehead atoms. The number of aromatic amines is 1. The molecule has 43 heavy (non-hydrogen) atoms. The number of benzene rings is 1. The number of carboxylic acid groups (broad SMARTS) is 2. The highest BCUT2D eigenvalue weighted by Gasteiger charge is 2.31. The third-order valence-electron chi connectivity index (χ3n) is 6.54. The lowest BCUT2D eigenvalue weighted by Gasteiger charge is -2.25. The zero-order valence-corrected chi connectivity index (χ0v) is 24.7. The van der Waals surface area contributed by atoms with E-state index in [-0.39, 0.29) is 51.0 Å². The van der Waals surface area contributed by atoms with E-state index in [2.05, 4.69) is 25.9 Å². The molecule has 0 aliphatic rings. The van der Waals surface area contributed by atoms with Crippen molar-refractivity contribution in [1.82, 2.24) is 20.9 Å². The molecule has 2 rings (SSSR count). The van der Waals surface area contributed by atoms with Gasteiger partial charge in [0, 0.05) is 36.5 Å². The number of guanidine groups is 1. The molecule has 2 aromatic rings. The number of amides is 3. The number of hydrogen-bond donors (Lipinski definition) is 9.